The van der Waals surface area contributed by atoms with Gasteiger partial charge in [0.2, 0.25) is 5.91 Å². The summed E-state index contributed by atoms with van der Waals surface area (Å²) in [5.41, 5.74) is 1.32. The Morgan fingerprint density at radius 1 is 1.26 bits per heavy atom. The quantitative estimate of drug-likeness (QED) is 0.814. The van der Waals surface area contributed by atoms with Crippen molar-refractivity contribution in [3.05, 3.63) is 52.1 Å². The van der Waals surface area contributed by atoms with Gasteiger partial charge < -0.3 is 9.80 Å². The van der Waals surface area contributed by atoms with Crippen LogP contribution < -0.4 is 10.5 Å². The van der Waals surface area contributed by atoms with Crippen molar-refractivity contribution < 1.29 is 9.18 Å². The number of anilines is 2. The molecule has 0 spiro atoms. The van der Waals surface area contributed by atoms with E-state index in [9.17, 15) is 14.0 Å². The topological polar surface area (TPSA) is 58.4 Å². The Bertz CT molecular complexity index is 942. The molecule has 0 bridgehead atoms. The van der Waals surface area contributed by atoms with Gasteiger partial charge >= 0.3 is 0 Å². The number of hydrogen-bond donors (Lipinski definition) is 0. The summed E-state index contributed by atoms with van der Waals surface area (Å²) in [5.74, 6) is 0.634. The van der Waals surface area contributed by atoms with Crippen LogP contribution in [0.1, 0.15) is 25.3 Å². The van der Waals surface area contributed by atoms with Gasteiger partial charge in [-0.1, -0.05) is 13.0 Å². The lowest BCUT2D eigenvalue weighted by Crippen LogP contribution is -2.49. The van der Waals surface area contributed by atoms with Gasteiger partial charge in [-0.15, -0.1) is 0 Å². The van der Waals surface area contributed by atoms with Crippen molar-refractivity contribution in [3.8, 4) is 0 Å². The van der Waals surface area contributed by atoms with Gasteiger partial charge in [0.1, 0.15) is 11.9 Å². The van der Waals surface area contributed by atoms with Crippen LogP contribution in [0.5, 0.6) is 0 Å². The van der Waals surface area contributed by atoms with E-state index in [1.807, 2.05) is 4.90 Å². The molecule has 2 unspecified atom stereocenters. The van der Waals surface area contributed by atoms with Crippen molar-refractivity contribution in [2.75, 3.05) is 18.0 Å². The van der Waals surface area contributed by atoms with E-state index in [0.717, 1.165) is 31.5 Å². The number of aryl methyl sites for hydroxylation is 1. The standard InChI is InChI=1S/C20H23FN4O2/c1-13-4-3-9-24(12-13)20(27)17-10-14-5-6-15(21)11-16(14)25(17)18-7-8-19(26)23(2)22-18/h5-8,11,13,17H,3-4,9-10,12H2,1-2H3. The van der Waals surface area contributed by atoms with Crippen LogP contribution in [0, 0.1) is 11.7 Å². The Morgan fingerprint density at radius 2 is 2.07 bits per heavy atom. The summed E-state index contributed by atoms with van der Waals surface area (Å²) in [5, 5.41) is 4.31. The molecule has 6 nitrogen and oxygen atoms in total. The average molecular weight is 370 g/mol. The van der Waals surface area contributed by atoms with Gasteiger partial charge in [-0.05, 0) is 42.5 Å². The summed E-state index contributed by atoms with van der Waals surface area (Å²) in [6.07, 6.45) is 2.63. The van der Waals surface area contributed by atoms with Crippen LogP contribution >= 0.6 is 0 Å². The number of benzene rings is 1. The van der Waals surface area contributed by atoms with Crippen molar-refractivity contribution in [1.82, 2.24) is 14.7 Å². The summed E-state index contributed by atoms with van der Waals surface area (Å²) in [4.78, 5) is 28.8. The van der Waals surface area contributed by atoms with Gasteiger partial charge in [0, 0.05) is 38.3 Å². The summed E-state index contributed by atoms with van der Waals surface area (Å²) in [6, 6.07) is 7.13. The molecule has 142 valence electrons. The van der Waals surface area contributed by atoms with Crippen molar-refractivity contribution in [2.45, 2.75) is 32.2 Å². The van der Waals surface area contributed by atoms with Crippen LogP contribution in [0.3, 0.4) is 0 Å². The van der Waals surface area contributed by atoms with Gasteiger partial charge in [0.05, 0.1) is 0 Å². The maximum absolute atomic E-state index is 13.9. The van der Waals surface area contributed by atoms with E-state index in [2.05, 4.69) is 12.0 Å². The molecule has 3 heterocycles. The first-order valence-electron chi connectivity index (χ1n) is 9.35. The Kier molecular flexibility index (Phi) is 4.45. The molecule has 1 fully saturated rings. The van der Waals surface area contributed by atoms with E-state index in [4.69, 9.17) is 0 Å². The van der Waals surface area contributed by atoms with Gasteiger partial charge in [-0.25, -0.2) is 9.07 Å². The van der Waals surface area contributed by atoms with Crippen LogP contribution in [0.15, 0.2) is 35.1 Å². The fourth-order valence-corrected chi connectivity index (χ4v) is 4.10. The number of amides is 1. The first kappa shape index (κ1) is 17.7. The third kappa shape index (κ3) is 3.22. The highest BCUT2D eigenvalue weighted by atomic mass is 19.1. The van der Waals surface area contributed by atoms with E-state index in [0.29, 0.717) is 23.8 Å². The fraction of sp³-hybridized carbons (Fsp3) is 0.450. The monoisotopic (exact) mass is 370 g/mol. The summed E-state index contributed by atoms with van der Waals surface area (Å²) >= 11 is 0. The predicted octanol–water partition coefficient (Wildman–Crippen LogP) is 2.24. The number of rotatable bonds is 2. The molecule has 4 rings (SSSR count). The first-order valence-corrected chi connectivity index (χ1v) is 9.35. The van der Waals surface area contributed by atoms with Gasteiger partial charge in [0.25, 0.3) is 5.56 Å². The third-order valence-corrected chi connectivity index (χ3v) is 5.48. The zero-order valence-corrected chi connectivity index (χ0v) is 15.6. The minimum absolute atomic E-state index is 0.0359. The number of halogens is 1. The number of aromatic nitrogens is 2. The average Bonchev–Trinajstić information content (AvgIpc) is 3.02. The molecule has 2 atom stereocenters. The van der Waals surface area contributed by atoms with Crippen LogP contribution in [0.4, 0.5) is 15.9 Å². The van der Waals surface area contributed by atoms with E-state index < -0.39 is 6.04 Å². The van der Waals surface area contributed by atoms with Crippen LogP contribution in [-0.2, 0) is 18.3 Å². The molecule has 2 aliphatic rings. The second-order valence-corrected chi connectivity index (χ2v) is 7.55. The molecule has 2 aliphatic heterocycles. The fourth-order valence-electron chi connectivity index (χ4n) is 4.10. The molecule has 0 N–H and O–H groups in total. The van der Waals surface area contributed by atoms with Crippen molar-refractivity contribution in [2.24, 2.45) is 13.0 Å². The van der Waals surface area contributed by atoms with Crippen LogP contribution in [-0.4, -0.2) is 39.7 Å². The highest BCUT2D eigenvalue weighted by molar-refractivity contribution is 5.91. The van der Waals surface area contributed by atoms with E-state index in [-0.39, 0.29) is 17.3 Å². The lowest BCUT2D eigenvalue weighted by Gasteiger charge is -2.35. The predicted molar refractivity (Wildman–Crippen MR) is 100 cm³/mol. The SMILES string of the molecule is CC1CCCN(C(=O)C2Cc3ccc(F)cc3N2c2ccc(=O)n(C)n2)C1. The Balaban J connectivity index is 1.75. The zero-order valence-electron chi connectivity index (χ0n) is 15.6. The zero-order chi connectivity index (χ0) is 19.1. The molecule has 0 radical (unpaired) electrons. The summed E-state index contributed by atoms with van der Waals surface area (Å²) in [7, 11) is 1.57. The lowest BCUT2D eigenvalue weighted by molar-refractivity contribution is -0.134. The number of likely N-dealkylation sites (tertiary alicyclic amines) is 1. The smallest absolute Gasteiger partial charge is 0.266 e. The van der Waals surface area contributed by atoms with E-state index in [1.54, 1.807) is 24.1 Å². The molecule has 27 heavy (non-hydrogen) atoms. The van der Waals surface area contributed by atoms with E-state index >= 15 is 0 Å². The van der Waals surface area contributed by atoms with Crippen molar-refractivity contribution in [3.63, 3.8) is 0 Å². The largest absolute Gasteiger partial charge is 0.341 e. The minimum Gasteiger partial charge on any atom is -0.341 e. The van der Waals surface area contributed by atoms with Crippen LogP contribution in [0.25, 0.3) is 0 Å². The normalized spacial score (nSPS) is 22.0. The van der Waals surface area contributed by atoms with Gasteiger partial charge in [-0.3, -0.25) is 9.59 Å². The molecular formula is C20H23FN4O2. The number of fused-ring (bicyclic) bond motifs is 1. The van der Waals surface area contributed by atoms with Gasteiger partial charge in [-0.2, -0.15) is 5.10 Å². The second-order valence-electron chi connectivity index (χ2n) is 7.55. The molecule has 1 aromatic carbocycles. The number of piperidine rings is 1. The highest BCUT2D eigenvalue weighted by Gasteiger charge is 2.39. The minimum atomic E-state index is -0.475. The summed E-state index contributed by atoms with van der Waals surface area (Å²) < 4.78 is 15.2. The molecule has 1 amide bonds. The Morgan fingerprint density at radius 3 is 2.81 bits per heavy atom. The number of hydrogen-bond acceptors (Lipinski definition) is 4. The molecule has 0 saturated carbocycles. The third-order valence-electron chi connectivity index (χ3n) is 5.48. The molecule has 7 heteroatoms. The van der Waals surface area contributed by atoms with Gasteiger partial charge in [0.15, 0.2) is 5.82 Å². The number of nitrogens with zero attached hydrogens (tertiary/aromatic N) is 4. The second kappa shape index (κ2) is 6.79. The van der Waals surface area contributed by atoms with E-state index in [1.165, 1.54) is 22.9 Å². The van der Waals surface area contributed by atoms with Crippen molar-refractivity contribution >= 4 is 17.4 Å². The number of carbonyl (C=O) groups is 1. The maximum Gasteiger partial charge on any atom is 0.266 e. The number of carbonyl (C=O) groups excluding carboxylic acids is 1. The molecular weight excluding hydrogens is 347 g/mol. The molecule has 0 aliphatic carbocycles. The van der Waals surface area contributed by atoms with Crippen molar-refractivity contribution in [1.29, 1.82) is 0 Å². The first-order chi connectivity index (χ1) is 12.9. The Hall–Kier alpha value is -2.70. The molecule has 2 aromatic rings. The lowest BCUT2D eigenvalue weighted by atomic mass is 9.99. The molecule has 1 saturated heterocycles. The Labute approximate surface area is 157 Å². The highest BCUT2D eigenvalue weighted by Crippen LogP contribution is 2.38. The maximum atomic E-state index is 13.9. The van der Waals surface area contributed by atoms with Crippen LogP contribution in [0.2, 0.25) is 0 Å². The summed E-state index contributed by atoms with van der Waals surface area (Å²) in [6.45, 7) is 3.65. The molecule has 1 aromatic heterocycles.